The molecular formula is C16H16O. The molecule has 0 fully saturated rings. The van der Waals surface area contributed by atoms with Gasteiger partial charge in [0.25, 0.3) is 0 Å². The molecule has 0 amide bonds. The van der Waals surface area contributed by atoms with Crippen LogP contribution in [0.15, 0.2) is 48.5 Å². The number of hydrogen-bond acceptors (Lipinski definition) is 1. The number of carbonyl (C=O) groups excluding carboxylic acids is 1. The third-order valence-electron chi connectivity index (χ3n) is 2.95. The zero-order valence-corrected chi connectivity index (χ0v) is 10.2. The summed E-state index contributed by atoms with van der Waals surface area (Å²) < 4.78 is 0. The van der Waals surface area contributed by atoms with Crippen molar-refractivity contribution in [2.45, 2.75) is 19.8 Å². The third-order valence-corrected chi connectivity index (χ3v) is 2.95. The SMILES string of the molecule is CC(C)c1cccc(-c2ccccc2C=O)c1. The maximum Gasteiger partial charge on any atom is 0.150 e. The van der Waals surface area contributed by atoms with E-state index in [0.29, 0.717) is 5.92 Å². The van der Waals surface area contributed by atoms with Gasteiger partial charge >= 0.3 is 0 Å². The Balaban J connectivity index is 2.52. The van der Waals surface area contributed by atoms with Crippen LogP contribution < -0.4 is 0 Å². The number of hydrogen-bond donors (Lipinski definition) is 0. The van der Waals surface area contributed by atoms with Crippen molar-refractivity contribution in [1.29, 1.82) is 0 Å². The predicted molar refractivity (Wildman–Crippen MR) is 71.4 cm³/mol. The van der Waals surface area contributed by atoms with Gasteiger partial charge in [-0.15, -0.1) is 0 Å². The second-order valence-electron chi connectivity index (χ2n) is 4.49. The molecule has 2 aromatic rings. The van der Waals surface area contributed by atoms with E-state index in [1.807, 2.05) is 36.4 Å². The average Bonchev–Trinajstić information content (AvgIpc) is 2.39. The molecule has 0 heterocycles. The first-order valence-electron chi connectivity index (χ1n) is 5.87. The van der Waals surface area contributed by atoms with Crippen LogP contribution in [0.3, 0.4) is 0 Å². The van der Waals surface area contributed by atoms with E-state index in [4.69, 9.17) is 0 Å². The summed E-state index contributed by atoms with van der Waals surface area (Å²) in [7, 11) is 0. The molecule has 0 unspecified atom stereocenters. The van der Waals surface area contributed by atoms with Gasteiger partial charge in [-0.05, 0) is 22.6 Å². The van der Waals surface area contributed by atoms with Gasteiger partial charge in [0.2, 0.25) is 0 Å². The van der Waals surface area contributed by atoms with E-state index in [0.717, 1.165) is 23.0 Å². The van der Waals surface area contributed by atoms with E-state index in [9.17, 15) is 4.79 Å². The molecule has 0 bridgehead atoms. The Labute approximate surface area is 102 Å². The van der Waals surface area contributed by atoms with Gasteiger partial charge in [0.1, 0.15) is 0 Å². The molecule has 0 aliphatic heterocycles. The topological polar surface area (TPSA) is 17.1 Å². The molecule has 1 heteroatoms. The van der Waals surface area contributed by atoms with Crippen LogP contribution in [-0.2, 0) is 0 Å². The number of carbonyl (C=O) groups is 1. The van der Waals surface area contributed by atoms with Crippen LogP contribution in [0.2, 0.25) is 0 Å². The van der Waals surface area contributed by atoms with Crippen LogP contribution in [0, 0.1) is 0 Å². The zero-order valence-electron chi connectivity index (χ0n) is 10.2. The van der Waals surface area contributed by atoms with Crippen molar-refractivity contribution in [2.24, 2.45) is 0 Å². The largest absolute Gasteiger partial charge is 0.298 e. The van der Waals surface area contributed by atoms with Crippen LogP contribution in [0.1, 0.15) is 35.7 Å². The van der Waals surface area contributed by atoms with E-state index >= 15 is 0 Å². The minimum Gasteiger partial charge on any atom is -0.298 e. The van der Waals surface area contributed by atoms with Gasteiger partial charge < -0.3 is 0 Å². The van der Waals surface area contributed by atoms with Gasteiger partial charge in [-0.1, -0.05) is 62.4 Å². The lowest BCUT2D eigenvalue weighted by atomic mass is 9.95. The highest BCUT2D eigenvalue weighted by molar-refractivity contribution is 5.87. The highest BCUT2D eigenvalue weighted by atomic mass is 16.1. The number of benzene rings is 2. The molecule has 0 radical (unpaired) electrons. The molecule has 17 heavy (non-hydrogen) atoms. The van der Waals surface area contributed by atoms with Crippen molar-refractivity contribution in [2.75, 3.05) is 0 Å². The lowest BCUT2D eigenvalue weighted by Gasteiger charge is -2.09. The van der Waals surface area contributed by atoms with Gasteiger partial charge in [0.15, 0.2) is 6.29 Å². The summed E-state index contributed by atoms with van der Waals surface area (Å²) in [6.45, 7) is 4.34. The van der Waals surface area contributed by atoms with E-state index in [2.05, 4.69) is 26.0 Å². The van der Waals surface area contributed by atoms with Crippen LogP contribution in [0.4, 0.5) is 0 Å². The van der Waals surface area contributed by atoms with Crippen LogP contribution >= 0.6 is 0 Å². The Kier molecular flexibility index (Phi) is 3.38. The smallest absolute Gasteiger partial charge is 0.150 e. The minimum absolute atomic E-state index is 0.498. The molecule has 0 saturated carbocycles. The molecule has 1 nitrogen and oxygen atoms in total. The van der Waals surface area contributed by atoms with Crippen molar-refractivity contribution in [3.05, 3.63) is 59.7 Å². The Hall–Kier alpha value is -1.89. The zero-order chi connectivity index (χ0) is 12.3. The second kappa shape index (κ2) is 4.96. The summed E-state index contributed by atoms with van der Waals surface area (Å²) in [4.78, 5) is 11.0. The molecule has 0 N–H and O–H groups in total. The number of rotatable bonds is 3. The number of aldehydes is 1. The first kappa shape index (κ1) is 11.6. The highest BCUT2D eigenvalue weighted by Crippen LogP contribution is 2.25. The highest BCUT2D eigenvalue weighted by Gasteiger charge is 2.05. The Morgan fingerprint density at radius 3 is 2.47 bits per heavy atom. The fraction of sp³-hybridized carbons (Fsp3) is 0.188. The van der Waals surface area contributed by atoms with Crippen LogP contribution in [0.5, 0.6) is 0 Å². The summed E-state index contributed by atoms with van der Waals surface area (Å²) >= 11 is 0. The van der Waals surface area contributed by atoms with Crippen LogP contribution in [-0.4, -0.2) is 6.29 Å². The molecule has 0 atom stereocenters. The third kappa shape index (κ3) is 2.44. The molecule has 2 aromatic carbocycles. The van der Waals surface area contributed by atoms with Gasteiger partial charge in [-0.25, -0.2) is 0 Å². The average molecular weight is 224 g/mol. The molecule has 2 rings (SSSR count). The Morgan fingerprint density at radius 2 is 1.76 bits per heavy atom. The molecule has 0 aliphatic carbocycles. The summed E-state index contributed by atoms with van der Waals surface area (Å²) in [5.74, 6) is 0.498. The van der Waals surface area contributed by atoms with Crippen molar-refractivity contribution < 1.29 is 4.79 Å². The molecule has 0 aliphatic rings. The monoisotopic (exact) mass is 224 g/mol. The first-order chi connectivity index (χ1) is 8.22. The van der Waals surface area contributed by atoms with Crippen molar-refractivity contribution >= 4 is 6.29 Å². The second-order valence-corrected chi connectivity index (χ2v) is 4.49. The Morgan fingerprint density at radius 1 is 1.00 bits per heavy atom. The summed E-state index contributed by atoms with van der Waals surface area (Å²) in [6.07, 6.45) is 0.914. The van der Waals surface area contributed by atoms with Crippen LogP contribution in [0.25, 0.3) is 11.1 Å². The predicted octanol–water partition coefficient (Wildman–Crippen LogP) is 4.29. The molecular weight excluding hydrogens is 208 g/mol. The normalized spacial score (nSPS) is 10.5. The van der Waals surface area contributed by atoms with Gasteiger partial charge in [-0.3, -0.25) is 4.79 Å². The fourth-order valence-electron chi connectivity index (χ4n) is 1.93. The standard InChI is InChI=1S/C16H16O/c1-12(2)13-7-5-8-14(10-13)16-9-4-3-6-15(16)11-17/h3-12H,1-2H3. The van der Waals surface area contributed by atoms with Gasteiger partial charge in [0.05, 0.1) is 0 Å². The summed E-state index contributed by atoms with van der Waals surface area (Å²) in [5, 5.41) is 0. The van der Waals surface area contributed by atoms with E-state index in [1.165, 1.54) is 5.56 Å². The minimum atomic E-state index is 0.498. The maximum atomic E-state index is 11.0. The van der Waals surface area contributed by atoms with Gasteiger partial charge in [-0.2, -0.15) is 0 Å². The van der Waals surface area contributed by atoms with E-state index in [1.54, 1.807) is 0 Å². The quantitative estimate of drug-likeness (QED) is 0.711. The molecule has 0 spiro atoms. The van der Waals surface area contributed by atoms with Crippen molar-refractivity contribution in [3.8, 4) is 11.1 Å². The Bertz CT molecular complexity index is 527. The summed E-state index contributed by atoms with van der Waals surface area (Å²) in [6, 6.07) is 16.1. The summed E-state index contributed by atoms with van der Waals surface area (Å²) in [5.41, 5.74) is 4.15. The van der Waals surface area contributed by atoms with Crippen molar-refractivity contribution in [3.63, 3.8) is 0 Å². The molecule has 0 saturated heterocycles. The lowest BCUT2D eigenvalue weighted by Crippen LogP contribution is -1.90. The van der Waals surface area contributed by atoms with Gasteiger partial charge in [0, 0.05) is 5.56 Å². The van der Waals surface area contributed by atoms with Crippen molar-refractivity contribution in [1.82, 2.24) is 0 Å². The fourth-order valence-corrected chi connectivity index (χ4v) is 1.93. The molecule has 0 aromatic heterocycles. The van der Waals surface area contributed by atoms with E-state index < -0.39 is 0 Å². The maximum absolute atomic E-state index is 11.0. The first-order valence-corrected chi connectivity index (χ1v) is 5.87. The van der Waals surface area contributed by atoms with E-state index in [-0.39, 0.29) is 0 Å². The molecule has 86 valence electrons. The lowest BCUT2D eigenvalue weighted by molar-refractivity contribution is 0.112.